The van der Waals surface area contributed by atoms with Crippen molar-refractivity contribution in [1.82, 2.24) is 5.32 Å². The number of fused-ring (bicyclic) bond motifs is 1. The molecule has 2 N–H and O–H groups in total. The fourth-order valence-corrected chi connectivity index (χ4v) is 3.50. The summed E-state index contributed by atoms with van der Waals surface area (Å²) in [5.74, 6) is -1.70. The van der Waals surface area contributed by atoms with Gasteiger partial charge in [0.05, 0.1) is 10.7 Å². The fourth-order valence-electron chi connectivity index (χ4n) is 2.84. The minimum Gasteiger partial charge on any atom is -0.380 e. The Kier molecular flexibility index (Phi) is 5.05. The summed E-state index contributed by atoms with van der Waals surface area (Å²) < 4.78 is 26.3. The first-order valence-electron chi connectivity index (χ1n) is 7.44. The van der Waals surface area contributed by atoms with Gasteiger partial charge in [-0.2, -0.15) is 0 Å². The third-order valence-electron chi connectivity index (χ3n) is 4.00. The summed E-state index contributed by atoms with van der Waals surface area (Å²) in [6.45, 7) is 2.08. The molecule has 2 nitrogen and oxygen atoms in total. The summed E-state index contributed by atoms with van der Waals surface area (Å²) >= 11 is 12.7. The van der Waals surface area contributed by atoms with Crippen LogP contribution in [0.3, 0.4) is 0 Å². The molecule has 0 unspecified atom stereocenters. The highest BCUT2D eigenvalue weighted by Gasteiger charge is 2.18. The summed E-state index contributed by atoms with van der Waals surface area (Å²) in [4.78, 5) is 0. The maximum atomic E-state index is 13.3. The Morgan fingerprint density at radius 3 is 2.43 bits per heavy atom. The number of hydrogen-bond donors (Lipinski definition) is 2. The van der Waals surface area contributed by atoms with Crippen molar-refractivity contribution in [3.05, 3.63) is 62.6 Å². The van der Waals surface area contributed by atoms with Crippen LogP contribution in [0.1, 0.15) is 16.7 Å². The number of halogens is 4. The normalized spacial score (nSPS) is 14.3. The summed E-state index contributed by atoms with van der Waals surface area (Å²) in [7, 11) is 0. The van der Waals surface area contributed by atoms with Crippen molar-refractivity contribution in [2.24, 2.45) is 0 Å². The molecule has 0 saturated heterocycles. The molecule has 2 aromatic rings. The molecule has 0 spiro atoms. The Labute approximate surface area is 143 Å². The van der Waals surface area contributed by atoms with E-state index in [1.165, 1.54) is 6.07 Å². The maximum absolute atomic E-state index is 13.3. The van der Waals surface area contributed by atoms with Crippen LogP contribution in [-0.2, 0) is 19.4 Å². The molecule has 6 heteroatoms. The van der Waals surface area contributed by atoms with Crippen molar-refractivity contribution in [3.8, 4) is 0 Å². The van der Waals surface area contributed by atoms with Crippen molar-refractivity contribution in [2.45, 2.75) is 19.4 Å². The van der Waals surface area contributed by atoms with Crippen LogP contribution >= 0.6 is 23.2 Å². The Balaban J connectivity index is 1.88. The van der Waals surface area contributed by atoms with E-state index in [4.69, 9.17) is 23.2 Å². The van der Waals surface area contributed by atoms with Gasteiger partial charge in [0.25, 0.3) is 0 Å². The highest BCUT2D eigenvalue weighted by Crippen LogP contribution is 2.36. The average molecular weight is 357 g/mol. The number of anilines is 1. The number of hydrogen-bond acceptors (Lipinski definition) is 2. The van der Waals surface area contributed by atoms with E-state index in [2.05, 4.69) is 10.6 Å². The van der Waals surface area contributed by atoms with Crippen molar-refractivity contribution in [1.29, 1.82) is 0 Å². The molecule has 0 atom stereocenters. The first-order chi connectivity index (χ1) is 11.1. The molecule has 1 aliphatic rings. The molecule has 1 aliphatic heterocycles. The molecular formula is C17H16Cl2F2N2. The predicted octanol–water partition coefficient (Wildman–Crippen LogP) is 4.57. The predicted molar refractivity (Wildman–Crippen MR) is 90.4 cm³/mol. The van der Waals surface area contributed by atoms with E-state index in [0.29, 0.717) is 22.2 Å². The van der Waals surface area contributed by atoms with E-state index in [-0.39, 0.29) is 0 Å². The molecule has 23 heavy (non-hydrogen) atoms. The zero-order valence-corrected chi connectivity index (χ0v) is 13.9. The van der Waals surface area contributed by atoms with Gasteiger partial charge in [-0.25, -0.2) is 8.78 Å². The van der Waals surface area contributed by atoms with Gasteiger partial charge in [0, 0.05) is 11.6 Å². The summed E-state index contributed by atoms with van der Waals surface area (Å²) in [6, 6.07) is 5.60. The lowest BCUT2D eigenvalue weighted by atomic mass is 10.0. The summed E-state index contributed by atoms with van der Waals surface area (Å²) in [5.41, 5.74) is 3.65. The van der Waals surface area contributed by atoms with Gasteiger partial charge in [0.15, 0.2) is 11.6 Å². The van der Waals surface area contributed by atoms with E-state index < -0.39 is 11.6 Å². The Hall–Kier alpha value is -1.36. The minimum absolute atomic E-state index is 0.360. The summed E-state index contributed by atoms with van der Waals surface area (Å²) in [5, 5.41) is 7.80. The zero-order valence-electron chi connectivity index (χ0n) is 12.4. The van der Waals surface area contributed by atoms with E-state index in [9.17, 15) is 8.78 Å². The van der Waals surface area contributed by atoms with Gasteiger partial charge >= 0.3 is 0 Å². The topological polar surface area (TPSA) is 24.1 Å². The first-order valence-corrected chi connectivity index (χ1v) is 8.20. The van der Waals surface area contributed by atoms with Gasteiger partial charge in [-0.15, -0.1) is 0 Å². The van der Waals surface area contributed by atoms with Crippen LogP contribution in [0.15, 0.2) is 24.3 Å². The van der Waals surface area contributed by atoms with Crippen LogP contribution in [0.4, 0.5) is 14.5 Å². The molecule has 1 heterocycles. The standard InChI is InChI=1S/C17H16Cl2F2N2/c18-13-8-14(19)17(12-4-6-22-5-3-11(12)13)23-9-10-1-2-15(20)16(21)7-10/h1-2,7-8,22-23H,3-6,9H2. The lowest BCUT2D eigenvalue weighted by molar-refractivity contribution is 0.507. The van der Waals surface area contributed by atoms with Gasteiger partial charge < -0.3 is 10.6 Å². The Bertz CT molecular complexity index is 735. The highest BCUT2D eigenvalue weighted by molar-refractivity contribution is 6.37. The molecule has 3 rings (SSSR count). The number of benzene rings is 2. The van der Waals surface area contributed by atoms with Gasteiger partial charge in [-0.05, 0) is 60.8 Å². The fraction of sp³-hybridized carbons (Fsp3) is 0.294. The monoisotopic (exact) mass is 356 g/mol. The van der Waals surface area contributed by atoms with Crippen molar-refractivity contribution >= 4 is 28.9 Å². The molecule has 2 aromatic carbocycles. The van der Waals surface area contributed by atoms with Crippen LogP contribution in [0.25, 0.3) is 0 Å². The molecule has 0 bridgehead atoms. The minimum atomic E-state index is -0.852. The third-order valence-corrected chi connectivity index (χ3v) is 4.64. The average Bonchev–Trinajstić information content (AvgIpc) is 2.76. The van der Waals surface area contributed by atoms with Crippen molar-refractivity contribution < 1.29 is 8.78 Å². The van der Waals surface area contributed by atoms with Crippen LogP contribution in [0.2, 0.25) is 10.0 Å². The van der Waals surface area contributed by atoms with Gasteiger partial charge in [0.1, 0.15) is 0 Å². The zero-order chi connectivity index (χ0) is 16.4. The van der Waals surface area contributed by atoms with Crippen LogP contribution in [0.5, 0.6) is 0 Å². The Morgan fingerprint density at radius 1 is 0.957 bits per heavy atom. The SMILES string of the molecule is Fc1ccc(CNc2c(Cl)cc(Cl)c3c2CCNCC3)cc1F. The molecule has 0 fully saturated rings. The van der Waals surface area contributed by atoms with Crippen LogP contribution in [-0.4, -0.2) is 13.1 Å². The lowest BCUT2D eigenvalue weighted by Crippen LogP contribution is -2.16. The van der Waals surface area contributed by atoms with E-state index in [0.717, 1.165) is 48.8 Å². The number of rotatable bonds is 3. The van der Waals surface area contributed by atoms with E-state index >= 15 is 0 Å². The quantitative estimate of drug-likeness (QED) is 0.841. The third kappa shape index (κ3) is 3.60. The van der Waals surface area contributed by atoms with Gasteiger partial charge in [-0.1, -0.05) is 29.3 Å². The second-order valence-corrected chi connectivity index (χ2v) is 6.34. The molecule has 0 radical (unpaired) electrons. The molecule has 122 valence electrons. The van der Waals surface area contributed by atoms with Crippen molar-refractivity contribution in [2.75, 3.05) is 18.4 Å². The smallest absolute Gasteiger partial charge is 0.159 e. The van der Waals surface area contributed by atoms with Crippen molar-refractivity contribution in [3.63, 3.8) is 0 Å². The van der Waals surface area contributed by atoms with Crippen LogP contribution < -0.4 is 10.6 Å². The molecule has 0 aromatic heterocycles. The molecule has 0 aliphatic carbocycles. The van der Waals surface area contributed by atoms with Gasteiger partial charge in [0.2, 0.25) is 0 Å². The largest absolute Gasteiger partial charge is 0.380 e. The lowest BCUT2D eigenvalue weighted by Gasteiger charge is -2.17. The summed E-state index contributed by atoms with van der Waals surface area (Å²) in [6.07, 6.45) is 1.65. The second kappa shape index (κ2) is 7.04. The van der Waals surface area contributed by atoms with Gasteiger partial charge in [-0.3, -0.25) is 0 Å². The first kappa shape index (κ1) is 16.5. The van der Waals surface area contributed by atoms with E-state index in [1.54, 1.807) is 12.1 Å². The number of nitrogens with one attached hydrogen (secondary N) is 2. The van der Waals surface area contributed by atoms with E-state index in [1.807, 2.05) is 0 Å². The highest BCUT2D eigenvalue weighted by atomic mass is 35.5. The van der Waals surface area contributed by atoms with Crippen LogP contribution in [0, 0.1) is 11.6 Å². The second-order valence-electron chi connectivity index (χ2n) is 5.52. The molecule has 0 saturated carbocycles. The Morgan fingerprint density at radius 2 is 1.70 bits per heavy atom. The molecule has 0 amide bonds. The maximum Gasteiger partial charge on any atom is 0.159 e. The molecular weight excluding hydrogens is 341 g/mol.